The summed E-state index contributed by atoms with van der Waals surface area (Å²) in [6.45, 7) is 1.87. The zero-order valence-corrected chi connectivity index (χ0v) is 4.42. The molecule has 0 amide bonds. The summed E-state index contributed by atoms with van der Waals surface area (Å²) in [6.07, 6.45) is 0. The summed E-state index contributed by atoms with van der Waals surface area (Å²) in [5.74, 6) is 0. The highest BCUT2D eigenvalue weighted by Crippen LogP contribution is 1.71. The Morgan fingerprint density at radius 2 is 2.50 bits per heavy atom. The van der Waals surface area contributed by atoms with Crippen molar-refractivity contribution in [2.75, 3.05) is 6.73 Å². The van der Waals surface area contributed by atoms with Crippen LogP contribution in [0.25, 0.3) is 0 Å². The summed E-state index contributed by atoms with van der Waals surface area (Å²) >= 11 is 4.49. The summed E-state index contributed by atoms with van der Waals surface area (Å²) in [5.41, 5.74) is 4.92. The molecule has 0 rings (SSSR count). The fraction of sp³-hybridized carbons (Fsp3) is 0.667. The molecule has 0 radical (unpaired) electrons. The summed E-state index contributed by atoms with van der Waals surface area (Å²) in [4.78, 5) is 0. The van der Waals surface area contributed by atoms with E-state index in [9.17, 15) is 0 Å². The van der Waals surface area contributed by atoms with E-state index in [4.69, 9.17) is 5.73 Å². The van der Waals surface area contributed by atoms with Gasteiger partial charge in [-0.1, -0.05) is 0 Å². The van der Waals surface area contributed by atoms with Crippen molar-refractivity contribution in [3.8, 4) is 0 Å². The predicted molar refractivity (Wildman–Crippen MR) is 28.4 cm³/mol. The highest BCUT2D eigenvalue weighted by Gasteiger charge is 1.76. The van der Waals surface area contributed by atoms with E-state index >= 15 is 0 Å². The van der Waals surface area contributed by atoms with Gasteiger partial charge in [0.25, 0.3) is 0 Å². The molecule has 2 N–H and O–H groups in total. The first kappa shape index (κ1) is 5.85. The Morgan fingerprint density at radius 1 is 2.00 bits per heavy atom. The van der Waals surface area contributed by atoms with Crippen LogP contribution in [-0.4, -0.2) is 11.8 Å². The molecule has 0 spiro atoms. The number of hydrogen-bond donors (Lipinski definition) is 1. The summed E-state index contributed by atoms with van der Waals surface area (Å²) in [5, 5.41) is 0.498. The molecule has 0 atom stereocenters. The first-order chi connectivity index (χ1) is 2.77. The zero-order chi connectivity index (χ0) is 4.99. The van der Waals surface area contributed by atoms with Crippen LogP contribution in [0.4, 0.5) is 0 Å². The average Bonchev–Trinajstić information content (AvgIpc) is 1.35. The van der Waals surface area contributed by atoms with Crippen molar-refractivity contribution in [3.05, 3.63) is 0 Å². The Morgan fingerprint density at radius 3 is 2.50 bits per heavy atom. The van der Waals surface area contributed by atoms with E-state index in [1.54, 1.807) is 6.92 Å². The molecule has 0 aromatic heterocycles. The van der Waals surface area contributed by atoms with E-state index < -0.39 is 0 Å². The molecular weight excluding hydrogens is 98.1 g/mol. The maximum Gasteiger partial charge on any atom is 0.158 e. The molecule has 0 saturated heterocycles. The lowest BCUT2D eigenvalue weighted by Gasteiger charge is -1.93. The summed E-state index contributed by atoms with van der Waals surface area (Å²) < 4.78 is 4.55. The smallest absolute Gasteiger partial charge is 0.158 e. The van der Waals surface area contributed by atoms with E-state index in [-0.39, 0.29) is 6.73 Å². The van der Waals surface area contributed by atoms with E-state index in [2.05, 4.69) is 17.0 Å². The van der Waals surface area contributed by atoms with E-state index in [1.807, 2.05) is 0 Å². The van der Waals surface area contributed by atoms with Crippen molar-refractivity contribution < 1.29 is 4.74 Å². The predicted octanol–water partition coefficient (Wildman–Crippen LogP) is 0.267. The van der Waals surface area contributed by atoms with Gasteiger partial charge in [0.05, 0.1) is 0 Å². The van der Waals surface area contributed by atoms with Gasteiger partial charge in [0, 0.05) is 6.92 Å². The summed E-state index contributed by atoms with van der Waals surface area (Å²) in [7, 11) is 0. The molecule has 0 aromatic carbocycles. The Kier molecular flexibility index (Phi) is 2.98. The highest BCUT2D eigenvalue weighted by atomic mass is 32.1. The largest absolute Gasteiger partial charge is 0.472 e. The molecule has 0 bridgehead atoms. The van der Waals surface area contributed by atoms with Crippen molar-refractivity contribution >= 4 is 17.3 Å². The molecule has 0 unspecified atom stereocenters. The van der Waals surface area contributed by atoms with Crippen LogP contribution in [0.15, 0.2) is 0 Å². The first-order valence-corrected chi connectivity index (χ1v) is 2.01. The number of thiocarbonyl (C=S) groups is 1. The molecule has 2 nitrogen and oxygen atoms in total. The van der Waals surface area contributed by atoms with Crippen LogP contribution < -0.4 is 5.73 Å². The Hall–Kier alpha value is -0.150. The van der Waals surface area contributed by atoms with Crippen molar-refractivity contribution in [3.63, 3.8) is 0 Å². The molecule has 0 aliphatic heterocycles. The number of ether oxygens (including phenoxy) is 1. The lowest BCUT2D eigenvalue weighted by molar-refractivity contribution is 0.323. The summed E-state index contributed by atoms with van der Waals surface area (Å²) in [6, 6.07) is 0. The number of rotatable bonds is 1. The third-order valence-corrected chi connectivity index (χ3v) is 0.404. The highest BCUT2D eigenvalue weighted by molar-refractivity contribution is 7.80. The Bertz CT molecular complexity index is 54.8. The van der Waals surface area contributed by atoms with Crippen molar-refractivity contribution in [2.45, 2.75) is 6.92 Å². The van der Waals surface area contributed by atoms with Crippen LogP contribution in [-0.2, 0) is 4.74 Å². The van der Waals surface area contributed by atoms with Crippen LogP contribution in [0, 0.1) is 0 Å². The van der Waals surface area contributed by atoms with Crippen molar-refractivity contribution in [1.82, 2.24) is 0 Å². The molecule has 0 aliphatic rings. The third kappa shape index (κ3) is 3.85. The van der Waals surface area contributed by atoms with Crippen LogP contribution in [0.2, 0.25) is 0 Å². The molecule has 3 heteroatoms. The zero-order valence-electron chi connectivity index (χ0n) is 3.60. The Balaban J connectivity index is 2.83. The quantitative estimate of drug-likeness (QED) is 0.384. The van der Waals surface area contributed by atoms with Gasteiger partial charge in [-0.3, -0.25) is 5.73 Å². The lowest BCUT2D eigenvalue weighted by atomic mass is 10.9. The van der Waals surface area contributed by atoms with Crippen molar-refractivity contribution in [1.29, 1.82) is 0 Å². The fourth-order valence-corrected chi connectivity index (χ4v) is 0.185. The maximum atomic E-state index is 4.92. The van der Waals surface area contributed by atoms with E-state index in [0.29, 0.717) is 5.05 Å². The average molecular weight is 105 g/mol. The minimum atomic E-state index is 0.190. The first-order valence-electron chi connectivity index (χ1n) is 1.61. The number of nitrogens with two attached hydrogens (primary N) is 1. The SMILES string of the molecule is CC(=S)OCN. The molecule has 0 saturated carbocycles. The minimum Gasteiger partial charge on any atom is -0.472 e. The van der Waals surface area contributed by atoms with Crippen LogP contribution in [0.5, 0.6) is 0 Å². The van der Waals surface area contributed by atoms with Crippen molar-refractivity contribution in [2.24, 2.45) is 5.73 Å². The van der Waals surface area contributed by atoms with E-state index in [0.717, 1.165) is 0 Å². The van der Waals surface area contributed by atoms with Gasteiger partial charge in [-0.05, 0) is 12.2 Å². The standard InChI is InChI=1S/C3H7NOS/c1-3(6)5-2-4/h2,4H2,1H3. The molecular formula is C3H7NOS. The lowest BCUT2D eigenvalue weighted by Crippen LogP contribution is -2.06. The number of hydrogen-bond acceptors (Lipinski definition) is 3. The van der Waals surface area contributed by atoms with E-state index in [1.165, 1.54) is 0 Å². The minimum absolute atomic E-state index is 0.190. The second-order valence-electron chi connectivity index (χ2n) is 0.803. The van der Waals surface area contributed by atoms with Gasteiger partial charge in [0.2, 0.25) is 0 Å². The van der Waals surface area contributed by atoms with Gasteiger partial charge < -0.3 is 4.74 Å². The normalized spacial score (nSPS) is 7.67. The van der Waals surface area contributed by atoms with Gasteiger partial charge in [-0.25, -0.2) is 0 Å². The molecule has 6 heavy (non-hydrogen) atoms. The van der Waals surface area contributed by atoms with Crippen LogP contribution >= 0.6 is 12.2 Å². The molecule has 0 aliphatic carbocycles. The van der Waals surface area contributed by atoms with Gasteiger partial charge >= 0.3 is 0 Å². The van der Waals surface area contributed by atoms with Gasteiger partial charge in [0.1, 0.15) is 6.73 Å². The van der Waals surface area contributed by atoms with Crippen LogP contribution in [0.3, 0.4) is 0 Å². The monoisotopic (exact) mass is 105 g/mol. The molecule has 0 heterocycles. The van der Waals surface area contributed by atoms with Gasteiger partial charge in [0.15, 0.2) is 5.05 Å². The third-order valence-electron chi connectivity index (χ3n) is 0.287. The Labute approximate surface area is 42.3 Å². The van der Waals surface area contributed by atoms with Gasteiger partial charge in [-0.15, -0.1) is 0 Å². The maximum absolute atomic E-state index is 4.92. The topological polar surface area (TPSA) is 35.2 Å². The molecule has 0 aromatic rings. The molecule has 36 valence electrons. The molecule has 0 fully saturated rings. The second-order valence-corrected chi connectivity index (χ2v) is 1.38. The van der Waals surface area contributed by atoms with Crippen LogP contribution in [0.1, 0.15) is 6.92 Å². The fourth-order valence-electron chi connectivity index (χ4n) is 0.117. The van der Waals surface area contributed by atoms with Gasteiger partial charge in [-0.2, -0.15) is 0 Å². The second kappa shape index (κ2) is 3.06.